The van der Waals surface area contributed by atoms with Crippen LogP contribution in [0.15, 0.2) is 78.9 Å². The topological polar surface area (TPSA) is 125 Å². The Labute approximate surface area is 218 Å². The second-order valence-electron chi connectivity index (χ2n) is 9.44. The summed E-state index contributed by atoms with van der Waals surface area (Å²) in [7, 11) is 1.55. The zero-order valence-electron chi connectivity index (χ0n) is 21.5. The first-order chi connectivity index (χ1) is 17.7. The molecule has 4 amide bonds. The third-order valence-corrected chi connectivity index (χ3v) is 5.88. The summed E-state index contributed by atoms with van der Waals surface area (Å²) in [6.07, 6.45) is 1.05. The molecular weight excluding hydrogens is 466 g/mol. The van der Waals surface area contributed by atoms with Crippen molar-refractivity contribution in [3.8, 4) is 11.1 Å². The molecule has 3 aromatic carbocycles. The zero-order valence-corrected chi connectivity index (χ0v) is 21.5. The molecule has 0 aliphatic carbocycles. The van der Waals surface area contributed by atoms with Gasteiger partial charge in [-0.1, -0.05) is 72.8 Å². The third kappa shape index (κ3) is 8.18. The van der Waals surface area contributed by atoms with Gasteiger partial charge in [0.25, 0.3) is 0 Å². The van der Waals surface area contributed by atoms with E-state index < -0.39 is 17.5 Å². The normalized spacial score (nSPS) is 11.8. The minimum absolute atomic E-state index is 0.222. The van der Waals surface area contributed by atoms with Gasteiger partial charge in [0.1, 0.15) is 6.04 Å². The number of hydrogen-bond donors (Lipinski definition) is 5. The van der Waals surface area contributed by atoms with Gasteiger partial charge < -0.3 is 27.0 Å². The highest BCUT2D eigenvalue weighted by Gasteiger charge is 2.28. The molecule has 0 saturated carbocycles. The molecule has 0 fully saturated rings. The monoisotopic (exact) mass is 501 g/mol. The Morgan fingerprint density at radius 1 is 0.892 bits per heavy atom. The molecule has 37 heavy (non-hydrogen) atoms. The van der Waals surface area contributed by atoms with Crippen LogP contribution in [0, 0.1) is 0 Å². The predicted octanol–water partition coefficient (Wildman–Crippen LogP) is 3.58. The average molecular weight is 502 g/mol. The summed E-state index contributed by atoms with van der Waals surface area (Å²) in [6.45, 7) is 3.42. The molecule has 0 radical (unpaired) electrons. The molecule has 6 N–H and O–H groups in total. The number of benzene rings is 3. The van der Waals surface area contributed by atoms with Crippen LogP contribution in [-0.2, 0) is 22.6 Å². The van der Waals surface area contributed by atoms with Gasteiger partial charge in [-0.2, -0.15) is 0 Å². The number of amides is 4. The van der Waals surface area contributed by atoms with E-state index in [2.05, 4.69) is 21.3 Å². The number of carbonyl (C=O) groups excluding carboxylic acids is 3. The summed E-state index contributed by atoms with van der Waals surface area (Å²) in [4.78, 5) is 37.8. The predicted molar refractivity (Wildman–Crippen MR) is 147 cm³/mol. The molecule has 0 unspecified atom stereocenters. The van der Waals surface area contributed by atoms with Crippen LogP contribution in [0.25, 0.3) is 11.1 Å². The van der Waals surface area contributed by atoms with Crippen molar-refractivity contribution in [1.82, 2.24) is 16.0 Å². The fourth-order valence-electron chi connectivity index (χ4n) is 3.74. The molecule has 0 saturated heterocycles. The number of nitrogens with two attached hydrogens (primary N) is 1. The van der Waals surface area contributed by atoms with Crippen LogP contribution in [-0.4, -0.2) is 36.5 Å². The molecule has 194 valence electrons. The third-order valence-electron chi connectivity index (χ3n) is 5.88. The average Bonchev–Trinajstić information content (AvgIpc) is 2.90. The first kappa shape index (κ1) is 27.4. The molecule has 0 aliphatic heterocycles. The Bertz CT molecular complexity index is 1210. The fourth-order valence-corrected chi connectivity index (χ4v) is 3.74. The maximum atomic E-state index is 13.2. The Hall–Kier alpha value is -4.17. The molecule has 3 aromatic rings. The van der Waals surface area contributed by atoms with Crippen molar-refractivity contribution in [1.29, 1.82) is 0 Å². The lowest BCUT2D eigenvalue weighted by Crippen LogP contribution is -2.55. The van der Waals surface area contributed by atoms with Crippen LogP contribution < -0.4 is 27.0 Å². The van der Waals surface area contributed by atoms with E-state index >= 15 is 0 Å². The Kier molecular flexibility index (Phi) is 9.40. The second kappa shape index (κ2) is 12.7. The van der Waals surface area contributed by atoms with Crippen molar-refractivity contribution in [2.24, 2.45) is 5.73 Å². The smallest absolute Gasteiger partial charge is 0.318 e. The lowest BCUT2D eigenvalue weighted by molar-refractivity contribution is -0.131. The van der Waals surface area contributed by atoms with E-state index in [0.29, 0.717) is 18.5 Å². The van der Waals surface area contributed by atoms with Gasteiger partial charge in [-0.05, 0) is 49.4 Å². The molecule has 0 bridgehead atoms. The number of rotatable bonds is 10. The second-order valence-corrected chi connectivity index (χ2v) is 9.44. The minimum atomic E-state index is -1.11. The molecule has 3 rings (SSSR count). The molecule has 0 spiro atoms. The van der Waals surface area contributed by atoms with Gasteiger partial charge in [0.2, 0.25) is 11.8 Å². The van der Waals surface area contributed by atoms with Crippen molar-refractivity contribution < 1.29 is 14.4 Å². The van der Waals surface area contributed by atoms with Gasteiger partial charge in [-0.15, -0.1) is 0 Å². The first-order valence-corrected chi connectivity index (χ1v) is 12.3. The van der Waals surface area contributed by atoms with E-state index in [9.17, 15) is 14.4 Å². The van der Waals surface area contributed by atoms with Gasteiger partial charge >= 0.3 is 6.03 Å². The maximum Gasteiger partial charge on any atom is 0.318 e. The molecule has 1 atom stereocenters. The number of carbonyl (C=O) groups is 3. The molecule has 0 heterocycles. The van der Waals surface area contributed by atoms with E-state index in [1.807, 2.05) is 78.9 Å². The fraction of sp³-hybridized carbons (Fsp3) is 0.276. The molecule has 8 nitrogen and oxygen atoms in total. The van der Waals surface area contributed by atoms with Crippen LogP contribution in [0.3, 0.4) is 0 Å². The Morgan fingerprint density at radius 2 is 1.54 bits per heavy atom. The van der Waals surface area contributed by atoms with Crippen molar-refractivity contribution in [3.63, 3.8) is 0 Å². The molecule has 0 aliphatic rings. The number of hydrogen-bond acceptors (Lipinski definition) is 4. The summed E-state index contributed by atoms with van der Waals surface area (Å²) >= 11 is 0. The highest BCUT2D eigenvalue weighted by Crippen LogP contribution is 2.29. The summed E-state index contributed by atoms with van der Waals surface area (Å²) in [5.74, 6) is -0.702. The van der Waals surface area contributed by atoms with E-state index in [0.717, 1.165) is 22.3 Å². The van der Waals surface area contributed by atoms with E-state index in [1.165, 1.54) is 0 Å². The van der Waals surface area contributed by atoms with Gasteiger partial charge in [0, 0.05) is 19.2 Å². The van der Waals surface area contributed by atoms with Crippen molar-refractivity contribution in [2.45, 2.75) is 44.8 Å². The van der Waals surface area contributed by atoms with Crippen molar-refractivity contribution >= 4 is 23.5 Å². The van der Waals surface area contributed by atoms with E-state index in [-0.39, 0.29) is 18.5 Å². The van der Waals surface area contributed by atoms with E-state index in [1.54, 1.807) is 20.9 Å². The van der Waals surface area contributed by atoms with Crippen LogP contribution >= 0.6 is 0 Å². The quantitative estimate of drug-likeness (QED) is 0.291. The van der Waals surface area contributed by atoms with Crippen LogP contribution in [0.4, 0.5) is 10.5 Å². The lowest BCUT2D eigenvalue weighted by atomic mass is 10.0. The van der Waals surface area contributed by atoms with Gasteiger partial charge in [-0.25, -0.2) is 4.79 Å². The summed E-state index contributed by atoms with van der Waals surface area (Å²) in [5, 5.41) is 11.1. The summed E-state index contributed by atoms with van der Waals surface area (Å²) in [5.41, 5.74) is 9.14. The molecule has 0 aromatic heterocycles. The Morgan fingerprint density at radius 3 is 2.16 bits per heavy atom. The first-order valence-electron chi connectivity index (χ1n) is 12.3. The van der Waals surface area contributed by atoms with Gasteiger partial charge in [0.15, 0.2) is 0 Å². The Balaban J connectivity index is 1.75. The molecular formula is C29H35N5O3. The van der Waals surface area contributed by atoms with Crippen LogP contribution in [0.2, 0.25) is 0 Å². The maximum absolute atomic E-state index is 13.2. The van der Waals surface area contributed by atoms with Gasteiger partial charge in [-0.3, -0.25) is 9.59 Å². The lowest BCUT2D eigenvalue weighted by Gasteiger charge is -2.24. The number of nitrogens with one attached hydrogen (secondary N) is 4. The van der Waals surface area contributed by atoms with Gasteiger partial charge in [0.05, 0.1) is 11.2 Å². The molecule has 8 heteroatoms. The largest absolute Gasteiger partial charge is 0.350 e. The van der Waals surface area contributed by atoms with Crippen LogP contribution in [0.5, 0.6) is 0 Å². The van der Waals surface area contributed by atoms with Crippen molar-refractivity contribution in [2.75, 3.05) is 12.4 Å². The minimum Gasteiger partial charge on any atom is -0.350 e. The standard InChI is InChI=1S/C29H35N5O3/c1-29(2,30)27(36)33-24(17-15-20-10-6-4-7-11-20)26(35)32-19-21-14-16-23(22-12-8-5-9-13-22)25(18-21)34-28(37)31-3/h4-14,16,18,24H,15,17,19,30H2,1-3H3,(H,32,35)(H,33,36)(H2,31,34,37)/t24-/m1/s1. The highest BCUT2D eigenvalue weighted by molar-refractivity contribution is 5.94. The number of urea groups is 1. The summed E-state index contributed by atoms with van der Waals surface area (Å²) in [6, 6.07) is 24.1. The zero-order chi connectivity index (χ0) is 26.8. The number of anilines is 1. The number of aryl methyl sites for hydroxylation is 1. The van der Waals surface area contributed by atoms with Crippen molar-refractivity contribution in [3.05, 3.63) is 90.0 Å². The summed E-state index contributed by atoms with van der Waals surface area (Å²) < 4.78 is 0. The SMILES string of the molecule is CNC(=O)Nc1cc(CNC(=O)[C@@H](CCc2ccccc2)NC(=O)C(C)(C)N)ccc1-c1ccccc1. The van der Waals surface area contributed by atoms with Crippen LogP contribution in [0.1, 0.15) is 31.4 Å². The van der Waals surface area contributed by atoms with E-state index in [4.69, 9.17) is 5.73 Å². The highest BCUT2D eigenvalue weighted by atomic mass is 16.2.